The third-order valence-corrected chi connectivity index (χ3v) is 2.40. The van der Waals surface area contributed by atoms with Gasteiger partial charge in [0.05, 0.1) is 12.7 Å². The first-order valence-electron chi connectivity index (χ1n) is 5.12. The van der Waals surface area contributed by atoms with Crippen molar-refractivity contribution in [2.75, 3.05) is 13.7 Å². The highest BCUT2D eigenvalue weighted by Crippen LogP contribution is 2.18. The van der Waals surface area contributed by atoms with Gasteiger partial charge in [-0.05, 0) is 38.2 Å². The Morgan fingerprint density at radius 1 is 1.67 bits per heavy atom. The average molecular weight is 210 g/mol. The van der Waals surface area contributed by atoms with Gasteiger partial charge in [0.15, 0.2) is 0 Å². The Morgan fingerprint density at radius 3 is 3.00 bits per heavy atom. The Morgan fingerprint density at radius 2 is 2.40 bits per heavy atom. The lowest BCUT2D eigenvalue weighted by atomic mass is 9.98. The van der Waals surface area contributed by atoms with Crippen LogP contribution in [-0.4, -0.2) is 25.3 Å². The zero-order valence-electron chi connectivity index (χ0n) is 9.46. The Labute approximate surface area is 90.4 Å². The van der Waals surface area contributed by atoms with Gasteiger partial charge >= 0.3 is 5.97 Å². The molecular weight excluding hydrogens is 192 g/mol. The van der Waals surface area contributed by atoms with Crippen molar-refractivity contribution >= 4 is 5.97 Å². The van der Waals surface area contributed by atoms with Crippen LogP contribution in [0, 0.1) is 0 Å². The monoisotopic (exact) mass is 210 g/mol. The van der Waals surface area contributed by atoms with Gasteiger partial charge in [-0.15, -0.1) is 0 Å². The second-order valence-corrected chi connectivity index (χ2v) is 3.63. The molecule has 0 aromatic rings. The van der Waals surface area contributed by atoms with E-state index in [1.165, 1.54) is 7.11 Å². The lowest BCUT2D eigenvalue weighted by Crippen LogP contribution is -2.56. The summed E-state index contributed by atoms with van der Waals surface area (Å²) >= 11 is 0. The summed E-state index contributed by atoms with van der Waals surface area (Å²) in [5.74, 6) is -0.307. The van der Waals surface area contributed by atoms with Crippen LogP contribution in [0.15, 0.2) is 23.9 Å². The minimum atomic E-state index is -0.530. The molecule has 0 radical (unpaired) electrons. The van der Waals surface area contributed by atoms with Crippen LogP contribution in [-0.2, 0) is 9.53 Å². The van der Waals surface area contributed by atoms with E-state index in [2.05, 4.69) is 17.6 Å². The summed E-state index contributed by atoms with van der Waals surface area (Å²) in [7, 11) is 1.39. The Balaban J connectivity index is 2.82. The fourth-order valence-corrected chi connectivity index (χ4v) is 1.51. The molecule has 1 heterocycles. The molecule has 0 aromatic heterocycles. The summed E-state index contributed by atoms with van der Waals surface area (Å²) < 4.78 is 4.74. The predicted octanol–water partition coefficient (Wildman–Crippen LogP) is 0.918. The van der Waals surface area contributed by atoms with E-state index in [0.29, 0.717) is 5.57 Å². The number of hydrogen-bond donors (Lipinski definition) is 2. The van der Waals surface area contributed by atoms with Gasteiger partial charge in [0.2, 0.25) is 0 Å². The third kappa shape index (κ3) is 2.59. The van der Waals surface area contributed by atoms with Crippen molar-refractivity contribution in [2.45, 2.75) is 25.9 Å². The largest absolute Gasteiger partial charge is 0.466 e. The summed E-state index contributed by atoms with van der Waals surface area (Å²) in [5, 5.41) is 6.42. The molecule has 4 heteroatoms. The Kier molecular flexibility index (Phi) is 3.91. The minimum absolute atomic E-state index is 0.307. The molecule has 1 rings (SSSR count). The van der Waals surface area contributed by atoms with E-state index < -0.39 is 5.66 Å². The molecule has 0 bridgehead atoms. The van der Waals surface area contributed by atoms with Crippen molar-refractivity contribution in [2.24, 2.45) is 0 Å². The highest BCUT2D eigenvalue weighted by atomic mass is 16.5. The van der Waals surface area contributed by atoms with Gasteiger partial charge in [0, 0.05) is 0 Å². The van der Waals surface area contributed by atoms with E-state index in [1.54, 1.807) is 12.2 Å². The van der Waals surface area contributed by atoms with Crippen LogP contribution in [0.2, 0.25) is 0 Å². The first-order valence-corrected chi connectivity index (χ1v) is 5.12. The molecule has 0 aromatic carbocycles. The summed E-state index contributed by atoms with van der Waals surface area (Å²) in [6, 6.07) is 0. The highest BCUT2D eigenvalue weighted by molar-refractivity contribution is 5.91. The average Bonchev–Trinajstić information content (AvgIpc) is 2.26. The number of dihydropyridines is 1. The first-order chi connectivity index (χ1) is 7.14. The van der Waals surface area contributed by atoms with Crippen molar-refractivity contribution < 1.29 is 9.53 Å². The molecule has 1 unspecified atom stereocenters. The van der Waals surface area contributed by atoms with E-state index in [9.17, 15) is 4.79 Å². The van der Waals surface area contributed by atoms with E-state index >= 15 is 0 Å². The molecule has 0 spiro atoms. The molecule has 1 aliphatic rings. The highest BCUT2D eigenvalue weighted by Gasteiger charge is 2.33. The van der Waals surface area contributed by atoms with E-state index in [0.717, 1.165) is 13.0 Å². The first kappa shape index (κ1) is 11.8. The third-order valence-electron chi connectivity index (χ3n) is 2.40. The zero-order valence-corrected chi connectivity index (χ0v) is 9.46. The van der Waals surface area contributed by atoms with Crippen LogP contribution >= 0.6 is 0 Å². The Bertz CT molecular complexity index is 297. The van der Waals surface area contributed by atoms with E-state index in [-0.39, 0.29) is 5.97 Å². The summed E-state index contributed by atoms with van der Waals surface area (Å²) in [6.45, 7) is 4.84. The molecule has 2 N–H and O–H groups in total. The van der Waals surface area contributed by atoms with Crippen LogP contribution < -0.4 is 10.6 Å². The smallest absolute Gasteiger partial charge is 0.337 e. The standard InChI is InChI=1S/C11H18N2O2/c1-4-7-12-11(2)9(10(14)15-3)6-5-8-13-11/h5-6,8,12-13H,4,7H2,1-3H3. The number of carbonyl (C=O) groups is 1. The van der Waals surface area contributed by atoms with Gasteiger partial charge in [-0.2, -0.15) is 0 Å². The van der Waals surface area contributed by atoms with Gasteiger partial charge in [0.25, 0.3) is 0 Å². The van der Waals surface area contributed by atoms with Crippen molar-refractivity contribution in [1.82, 2.24) is 10.6 Å². The van der Waals surface area contributed by atoms with Crippen LogP contribution in [0.1, 0.15) is 20.3 Å². The van der Waals surface area contributed by atoms with Crippen molar-refractivity contribution in [3.05, 3.63) is 23.9 Å². The maximum Gasteiger partial charge on any atom is 0.337 e. The van der Waals surface area contributed by atoms with Crippen molar-refractivity contribution in [3.63, 3.8) is 0 Å². The lowest BCUT2D eigenvalue weighted by molar-refractivity contribution is -0.137. The van der Waals surface area contributed by atoms with E-state index in [1.807, 2.05) is 13.1 Å². The zero-order chi connectivity index (χ0) is 11.3. The Hall–Kier alpha value is -1.29. The second kappa shape index (κ2) is 4.98. The van der Waals surface area contributed by atoms with Gasteiger partial charge < -0.3 is 10.1 Å². The summed E-state index contributed by atoms with van der Waals surface area (Å²) in [4.78, 5) is 11.5. The predicted molar refractivity (Wildman–Crippen MR) is 59.1 cm³/mol. The number of ether oxygens (including phenoxy) is 1. The van der Waals surface area contributed by atoms with Crippen LogP contribution in [0.5, 0.6) is 0 Å². The van der Waals surface area contributed by atoms with Crippen LogP contribution in [0.4, 0.5) is 0 Å². The molecule has 0 aliphatic carbocycles. The number of esters is 1. The number of carbonyl (C=O) groups excluding carboxylic acids is 1. The number of hydrogen-bond acceptors (Lipinski definition) is 4. The fraction of sp³-hybridized carbons (Fsp3) is 0.545. The molecule has 15 heavy (non-hydrogen) atoms. The summed E-state index contributed by atoms with van der Waals surface area (Å²) in [5.41, 5.74) is 0.0682. The number of allylic oxidation sites excluding steroid dienone is 2. The SMILES string of the molecule is CCCNC1(C)NC=CC=C1C(=O)OC. The maximum absolute atomic E-state index is 11.5. The molecular formula is C11H18N2O2. The molecule has 1 aliphatic heterocycles. The summed E-state index contributed by atoms with van der Waals surface area (Å²) in [6.07, 6.45) is 6.39. The van der Waals surface area contributed by atoms with Crippen molar-refractivity contribution in [3.8, 4) is 0 Å². The van der Waals surface area contributed by atoms with Gasteiger partial charge in [-0.1, -0.05) is 6.92 Å². The number of nitrogens with one attached hydrogen (secondary N) is 2. The number of methoxy groups -OCH3 is 1. The normalized spacial score (nSPS) is 24.3. The molecule has 0 amide bonds. The quantitative estimate of drug-likeness (QED) is 0.677. The second-order valence-electron chi connectivity index (χ2n) is 3.63. The molecule has 0 fully saturated rings. The molecule has 0 saturated carbocycles. The van der Waals surface area contributed by atoms with E-state index in [4.69, 9.17) is 4.74 Å². The topological polar surface area (TPSA) is 50.4 Å². The maximum atomic E-state index is 11.5. The van der Waals surface area contributed by atoms with Gasteiger partial charge in [-0.3, -0.25) is 5.32 Å². The molecule has 84 valence electrons. The molecule has 4 nitrogen and oxygen atoms in total. The fourth-order valence-electron chi connectivity index (χ4n) is 1.51. The van der Waals surface area contributed by atoms with Gasteiger partial charge in [-0.25, -0.2) is 4.79 Å². The van der Waals surface area contributed by atoms with Crippen molar-refractivity contribution in [1.29, 1.82) is 0 Å². The molecule has 1 atom stereocenters. The lowest BCUT2D eigenvalue weighted by Gasteiger charge is -2.34. The molecule has 0 saturated heterocycles. The van der Waals surface area contributed by atoms with Gasteiger partial charge in [0.1, 0.15) is 5.66 Å². The van der Waals surface area contributed by atoms with Crippen LogP contribution in [0.25, 0.3) is 0 Å². The van der Waals surface area contributed by atoms with Crippen LogP contribution in [0.3, 0.4) is 0 Å². The minimum Gasteiger partial charge on any atom is -0.466 e. The number of rotatable bonds is 4.